The minimum absolute atomic E-state index is 0.186. The lowest BCUT2D eigenvalue weighted by Gasteiger charge is -2.42. The Morgan fingerprint density at radius 2 is 1.75 bits per heavy atom. The van der Waals surface area contributed by atoms with E-state index in [1.54, 1.807) is 0 Å². The van der Waals surface area contributed by atoms with E-state index in [4.69, 9.17) is 23.2 Å². The van der Waals surface area contributed by atoms with E-state index in [1.165, 1.54) is 0 Å². The third kappa shape index (κ3) is 5.95. The van der Waals surface area contributed by atoms with Gasteiger partial charge in [-0.05, 0) is 67.3 Å². The molecule has 1 aliphatic carbocycles. The summed E-state index contributed by atoms with van der Waals surface area (Å²) in [5.74, 6) is 0.186. The molecular formula is C27H34Cl2N2O. The summed E-state index contributed by atoms with van der Waals surface area (Å²) in [6.45, 7) is 5.25. The molecule has 2 aliphatic rings. The number of likely N-dealkylation sites (N-methyl/N-ethyl adjacent to an activating group) is 1. The van der Waals surface area contributed by atoms with Gasteiger partial charge in [0, 0.05) is 55.1 Å². The van der Waals surface area contributed by atoms with Crippen LogP contribution in [0.1, 0.15) is 36.8 Å². The third-order valence-corrected chi connectivity index (χ3v) is 7.62. The summed E-state index contributed by atoms with van der Waals surface area (Å²) in [4.78, 5) is 4.92. The molecule has 0 spiro atoms. The molecule has 4 rings (SSSR count). The number of hydrogen-bond acceptors (Lipinski definition) is 3. The minimum atomic E-state index is -0.899. The van der Waals surface area contributed by atoms with Crippen LogP contribution in [0.3, 0.4) is 0 Å². The molecule has 1 N–H and O–H groups in total. The van der Waals surface area contributed by atoms with Crippen molar-refractivity contribution in [2.75, 3.05) is 39.8 Å². The van der Waals surface area contributed by atoms with Gasteiger partial charge in [0.2, 0.25) is 0 Å². The lowest BCUT2D eigenvalue weighted by atomic mass is 9.74. The zero-order valence-corrected chi connectivity index (χ0v) is 20.5. The number of hydrogen-bond donors (Lipinski definition) is 1. The molecule has 32 heavy (non-hydrogen) atoms. The van der Waals surface area contributed by atoms with Gasteiger partial charge < -0.3 is 14.9 Å². The van der Waals surface area contributed by atoms with Gasteiger partial charge in [-0.2, -0.15) is 0 Å². The Kier molecular flexibility index (Phi) is 7.96. The topological polar surface area (TPSA) is 26.7 Å². The first-order valence-electron chi connectivity index (χ1n) is 11.8. The van der Waals surface area contributed by atoms with E-state index in [-0.39, 0.29) is 5.92 Å². The number of nitrogens with zero attached hydrogens (tertiary/aromatic N) is 2. The number of halogens is 2. The Morgan fingerprint density at radius 1 is 1.00 bits per heavy atom. The smallest absolute Gasteiger partial charge is 0.0940 e. The fraction of sp³-hybridized carbons (Fsp3) is 0.481. The van der Waals surface area contributed by atoms with E-state index in [0.29, 0.717) is 6.42 Å². The number of piperazine rings is 1. The quantitative estimate of drug-likeness (QED) is 0.557. The lowest BCUT2D eigenvalue weighted by molar-refractivity contribution is -0.00642. The van der Waals surface area contributed by atoms with Crippen LogP contribution in [-0.4, -0.2) is 60.3 Å². The Labute approximate surface area is 202 Å². The maximum atomic E-state index is 12.4. The summed E-state index contributed by atoms with van der Waals surface area (Å²) in [6.07, 6.45) is 7.00. The molecule has 2 aromatic carbocycles. The summed E-state index contributed by atoms with van der Waals surface area (Å²) in [5.41, 5.74) is 2.42. The molecule has 0 bridgehead atoms. The Hall–Kier alpha value is -1.36. The molecule has 172 valence electrons. The second-order valence-corrected chi connectivity index (χ2v) is 10.4. The Bertz CT molecular complexity index is 922. The van der Waals surface area contributed by atoms with E-state index >= 15 is 0 Å². The van der Waals surface area contributed by atoms with Crippen molar-refractivity contribution in [3.63, 3.8) is 0 Å². The number of aliphatic hydroxyl groups is 1. The van der Waals surface area contributed by atoms with E-state index in [9.17, 15) is 5.11 Å². The molecule has 2 aromatic rings. The highest BCUT2D eigenvalue weighted by Crippen LogP contribution is 2.41. The Balaban J connectivity index is 1.68. The molecule has 1 saturated carbocycles. The second kappa shape index (κ2) is 10.7. The third-order valence-electron chi connectivity index (χ3n) is 7.13. The van der Waals surface area contributed by atoms with Crippen molar-refractivity contribution in [3.8, 4) is 0 Å². The van der Waals surface area contributed by atoms with Gasteiger partial charge in [0.1, 0.15) is 0 Å². The van der Waals surface area contributed by atoms with Gasteiger partial charge in [0.05, 0.1) is 5.60 Å². The predicted molar refractivity (Wildman–Crippen MR) is 135 cm³/mol. The average molecular weight is 473 g/mol. The van der Waals surface area contributed by atoms with Crippen molar-refractivity contribution in [2.24, 2.45) is 5.92 Å². The minimum Gasteiger partial charge on any atom is -0.385 e. The first-order valence-corrected chi connectivity index (χ1v) is 12.5. The molecule has 0 radical (unpaired) electrons. The molecule has 1 saturated heterocycles. The maximum absolute atomic E-state index is 12.4. The van der Waals surface area contributed by atoms with E-state index in [1.807, 2.05) is 42.5 Å². The fourth-order valence-corrected chi connectivity index (χ4v) is 5.52. The first-order chi connectivity index (χ1) is 15.4. The highest BCUT2D eigenvalue weighted by Gasteiger charge is 2.42. The summed E-state index contributed by atoms with van der Waals surface area (Å²) in [6, 6.07) is 15.9. The standard InChI is InChI=1S/C27H34Cl2N2O/c1-30-13-15-31(16-14-30)20-24-7-3-2-6-23(17-21-9-11-25(28)12-10-21)27(24,32)19-22-5-4-8-26(29)18-22/h4-5,8-12,17-18,24,32H,2-3,6-7,13-16,19-20H2,1H3. The maximum Gasteiger partial charge on any atom is 0.0940 e. The van der Waals surface area contributed by atoms with Crippen LogP contribution in [0.25, 0.3) is 6.08 Å². The van der Waals surface area contributed by atoms with Crippen LogP contribution in [-0.2, 0) is 6.42 Å². The van der Waals surface area contributed by atoms with Crippen LogP contribution < -0.4 is 0 Å². The lowest BCUT2D eigenvalue weighted by Crippen LogP contribution is -2.51. The molecule has 1 aliphatic heterocycles. The van der Waals surface area contributed by atoms with Crippen molar-refractivity contribution >= 4 is 29.3 Å². The van der Waals surface area contributed by atoms with Crippen LogP contribution in [0.2, 0.25) is 10.0 Å². The molecule has 3 nitrogen and oxygen atoms in total. The van der Waals surface area contributed by atoms with Crippen LogP contribution >= 0.6 is 23.2 Å². The van der Waals surface area contributed by atoms with Gasteiger partial charge in [0.15, 0.2) is 0 Å². The van der Waals surface area contributed by atoms with E-state index in [0.717, 1.165) is 85.2 Å². The second-order valence-electron chi connectivity index (χ2n) is 9.50. The molecule has 2 fully saturated rings. The largest absolute Gasteiger partial charge is 0.385 e. The summed E-state index contributed by atoms with van der Waals surface area (Å²) < 4.78 is 0. The van der Waals surface area contributed by atoms with Gasteiger partial charge in [-0.25, -0.2) is 0 Å². The van der Waals surface area contributed by atoms with Gasteiger partial charge in [-0.15, -0.1) is 0 Å². The van der Waals surface area contributed by atoms with E-state index < -0.39 is 5.60 Å². The average Bonchev–Trinajstić information content (AvgIpc) is 2.91. The number of benzene rings is 2. The normalized spacial score (nSPS) is 26.9. The van der Waals surface area contributed by atoms with Crippen LogP contribution in [0.4, 0.5) is 0 Å². The van der Waals surface area contributed by atoms with Gasteiger partial charge >= 0.3 is 0 Å². The fourth-order valence-electron chi connectivity index (χ4n) is 5.18. The summed E-state index contributed by atoms with van der Waals surface area (Å²) in [7, 11) is 2.19. The van der Waals surface area contributed by atoms with Gasteiger partial charge in [-0.1, -0.05) is 60.0 Å². The van der Waals surface area contributed by atoms with Crippen molar-refractivity contribution in [2.45, 2.75) is 37.7 Å². The van der Waals surface area contributed by atoms with Crippen molar-refractivity contribution in [1.29, 1.82) is 0 Å². The Morgan fingerprint density at radius 3 is 2.47 bits per heavy atom. The molecule has 0 aromatic heterocycles. The van der Waals surface area contributed by atoms with Gasteiger partial charge in [0.25, 0.3) is 0 Å². The highest BCUT2D eigenvalue weighted by atomic mass is 35.5. The monoisotopic (exact) mass is 472 g/mol. The molecule has 1 heterocycles. The van der Waals surface area contributed by atoms with Crippen LogP contribution in [0, 0.1) is 5.92 Å². The summed E-state index contributed by atoms with van der Waals surface area (Å²) in [5, 5.41) is 13.9. The molecule has 5 heteroatoms. The van der Waals surface area contributed by atoms with Crippen molar-refractivity contribution < 1.29 is 5.11 Å². The van der Waals surface area contributed by atoms with Crippen LogP contribution in [0.5, 0.6) is 0 Å². The first kappa shape index (κ1) is 23.8. The SMILES string of the molecule is CN1CCN(CC2CCCCC(=Cc3ccc(Cl)cc3)C2(O)Cc2cccc(Cl)c2)CC1. The summed E-state index contributed by atoms with van der Waals surface area (Å²) >= 11 is 12.4. The van der Waals surface area contributed by atoms with Crippen molar-refractivity contribution in [1.82, 2.24) is 9.80 Å². The van der Waals surface area contributed by atoms with Gasteiger partial charge in [-0.3, -0.25) is 0 Å². The highest BCUT2D eigenvalue weighted by molar-refractivity contribution is 6.30. The molecule has 2 atom stereocenters. The zero-order valence-electron chi connectivity index (χ0n) is 18.9. The van der Waals surface area contributed by atoms with Crippen molar-refractivity contribution in [3.05, 3.63) is 75.3 Å². The van der Waals surface area contributed by atoms with Crippen LogP contribution in [0.15, 0.2) is 54.1 Å². The molecular weight excluding hydrogens is 439 g/mol. The van der Waals surface area contributed by atoms with E-state index in [2.05, 4.69) is 29.0 Å². The molecule has 2 unspecified atom stereocenters. The number of rotatable bonds is 5. The predicted octanol–water partition coefficient (Wildman–Crippen LogP) is 5.79. The molecule has 0 amide bonds. The zero-order chi connectivity index (χ0) is 22.6.